The molecule has 0 saturated carbocycles. The minimum atomic E-state index is -1.01. The Morgan fingerprint density at radius 1 is 1.62 bits per heavy atom. The van der Waals surface area contributed by atoms with Crippen LogP contribution in [0.25, 0.3) is 0 Å². The van der Waals surface area contributed by atoms with Gasteiger partial charge in [-0.05, 0) is 6.92 Å². The SMILES string of the molecule is CC(O)C(O)CN=O. The van der Waals surface area contributed by atoms with Crippen LogP contribution in [-0.2, 0) is 0 Å². The van der Waals surface area contributed by atoms with Gasteiger partial charge in [-0.15, -0.1) is 0 Å². The first-order chi connectivity index (χ1) is 3.68. The van der Waals surface area contributed by atoms with Gasteiger partial charge in [-0.2, -0.15) is 4.91 Å². The first kappa shape index (κ1) is 7.52. The second kappa shape index (κ2) is 3.51. The zero-order valence-electron chi connectivity index (χ0n) is 4.61. The zero-order valence-corrected chi connectivity index (χ0v) is 4.61. The number of hydrogen-bond acceptors (Lipinski definition) is 4. The summed E-state index contributed by atoms with van der Waals surface area (Å²) in [5.41, 5.74) is 0. The number of nitroso groups, excluding NO2 is 1. The average Bonchev–Trinajstić information content (AvgIpc) is 1.67. The van der Waals surface area contributed by atoms with E-state index in [4.69, 9.17) is 10.2 Å². The minimum Gasteiger partial charge on any atom is -0.391 e. The topological polar surface area (TPSA) is 69.9 Å². The van der Waals surface area contributed by atoms with E-state index in [0.717, 1.165) is 0 Å². The van der Waals surface area contributed by atoms with Crippen molar-refractivity contribution in [1.29, 1.82) is 0 Å². The molecule has 0 aromatic rings. The summed E-state index contributed by atoms with van der Waals surface area (Å²) in [6, 6.07) is 0. The predicted molar refractivity (Wildman–Crippen MR) is 28.3 cm³/mol. The largest absolute Gasteiger partial charge is 0.391 e. The Morgan fingerprint density at radius 2 is 2.12 bits per heavy atom. The lowest BCUT2D eigenvalue weighted by molar-refractivity contribution is 0.0375. The van der Waals surface area contributed by atoms with E-state index >= 15 is 0 Å². The standard InChI is InChI=1S/C4H9NO3/c1-3(6)4(7)2-5-8/h3-4,6-7H,2H2,1H3. The number of aliphatic hydroxyl groups is 2. The van der Waals surface area contributed by atoms with Crippen LogP contribution in [0.4, 0.5) is 0 Å². The lowest BCUT2D eigenvalue weighted by atomic mass is 10.2. The maximum Gasteiger partial charge on any atom is 0.110 e. The fraction of sp³-hybridized carbons (Fsp3) is 1.00. The van der Waals surface area contributed by atoms with Gasteiger partial charge in [0.05, 0.1) is 6.10 Å². The van der Waals surface area contributed by atoms with E-state index in [1.165, 1.54) is 6.92 Å². The molecule has 4 heteroatoms. The molecule has 2 unspecified atom stereocenters. The van der Waals surface area contributed by atoms with Crippen molar-refractivity contribution in [3.8, 4) is 0 Å². The summed E-state index contributed by atoms with van der Waals surface area (Å²) < 4.78 is 0. The van der Waals surface area contributed by atoms with Crippen LogP contribution in [0, 0.1) is 4.91 Å². The Balaban J connectivity index is 3.30. The Bertz CT molecular complexity index is 73.7. The van der Waals surface area contributed by atoms with Crippen molar-refractivity contribution < 1.29 is 10.2 Å². The molecule has 0 rings (SSSR count). The van der Waals surface area contributed by atoms with E-state index in [2.05, 4.69) is 5.18 Å². The molecule has 0 aliphatic rings. The van der Waals surface area contributed by atoms with Crippen LogP contribution in [-0.4, -0.2) is 29.0 Å². The van der Waals surface area contributed by atoms with Crippen molar-refractivity contribution in [2.75, 3.05) is 6.54 Å². The maximum absolute atomic E-state index is 9.40. The maximum atomic E-state index is 9.40. The van der Waals surface area contributed by atoms with Gasteiger partial charge in [0.25, 0.3) is 0 Å². The summed E-state index contributed by atoms with van der Waals surface area (Å²) in [7, 11) is 0. The molecule has 0 radical (unpaired) electrons. The molecule has 0 aromatic heterocycles. The highest BCUT2D eigenvalue weighted by molar-refractivity contribution is 4.63. The smallest absolute Gasteiger partial charge is 0.110 e. The van der Waals surface area contributed by atoms with Gasteiger partial charge in [0, 0.05) is 0 Å². The Hall–Kier alpha value is -0.480. The highest BCUT2D eigenvalue weighted by Gasteiger charge is 2.09. The van der Waals surface area contributed by atoms with E-state index in [1.54, 1.807) is 0 Å². The van der Waals surface area contributed by atoms with Crippen LogP contribution in [0.15, 0.2) is 5.18 Å². The Labute approximate surface area is 47.1 Å². The number of aliphatic hydroxyl groups excluding tert-OH is 2. The molecule has 48 valence electrons. The van der Waals surface area contributed by atoms with Gasteiger partial charge < -0.3 is 10.2 Å². The van der Waals surface area contributed by atoms with E-state index in [0.29, 0.717) is 0 Å². The first-order valence-corrected chi connectivity index (χ1v) is 2.33. The van der Waals surface area contributed by atoms with Gasteiger partial charge in [-0.25, -0.2) is 0 Å². The zero-order chi connectivity index (χ0) is 6.57. The van der Waals surface area contributed by atoms with Crippen molar-refractivity contribution in [3.63, 3.8) is 0 Å². The third-order valence-corrected chi connectivity index (χ3v) is 0.818. The second-order valence-corrected chi connectivity index (χ2v) is 1.62. The molecule has 0 bridgehead atoms. The van der Waals surface area contributed by atoms with Crippen molar-refractivity contribution in [1.82, 2.24) is 0 Å². The van der Waals surface area contributed by atoms with E-state index in [-0.39, 0.29) is 6.54 Å². The molecule has 4 nitrogen and oxygen atoms in total. The van der Waals surface area contributed by atoms with Crippen LogP contribution < -0.4 is 0 Å². The van der Waals surface area contributed by atoms with Crippen LogP contribution in [0.5, 0.6) is 0 Å². The summed E-state index contributed by atoms with van der Waals surface area (Å²) in [5.74, 6) is 0. The normalized spacial score (nSPS) is 17.4. The summed E-state index contributed by atoms with van der Waals surface area (Å²) in [5, 5.41) is 19.5. The van der Waals surface area contributed by atoms with Gasteiger partial charge in [0.1, 0.15) is 12.6 Å². The summed E-state index contributed by atoms with van der Waals surface area (Å²) in [4.78, 5) is 9.40. The van der Waals surface area contributed by atoms with Crippen LogP contribution in [0.3, 0.4) is 0 Å². The Kier molecular flexibility index (Phi) is 3.30. The van der Waals surface area contributed by atoms with Gasteiger partial charge >= 0.3 is 0 Å². The molecule has 0 aromatic carbocycles. The molecule has 0 amide bonds. The van der Waals surface area contributed by atoms with Crippen molar-refractivity contribution >= 4 is 0 Å². The lowest BCUT2D eigenvalue weighted by Gasteiger charge is -2.06. The highest BCUT2D eigenvalue weighted by atomic mass is 16.3. The molecular formula is C4H9NO3. The van der Waals surface area contributed by atoms with E-state index < -0.39 is 12.2 Å². The molecule has 0 aliphatic heterocycles. The Morgan fingerprint density at radius 3 is 2.25 bits per heavy atom. The summed E-state index contributed by atoms with van der Waals surface area (Å²) in [6.07, 6.45) is -1.87. The molecule has 0 fully saturated rings. The van der Waals surface area contributed by atoms with Gasteiger partial charge in [-0.3, -0.25) is 0 Å². The minimum absolute atomic E-state index is 0.238. The quantitative estimate of drug-likeness (QED) is 0.492. The third-order valence-electron chi connectivity index (χ3n) is 0.818. The van der Waals surface area contributed by atoms with E-state index in [9.17, 15) is 4.91 Å². The molecule has 2 N–H and O–H groups in total. The number of nitrogens with zero attached hydrogens (tertiary/aromatic N) is 1. The number of rotatable bonds is 3. The highest BCUT2D eigenvalue weighted by Crippen LogP contribution is 1.90. The number of hydrogen-bond donors (Lipinski definition) is 2. The molecular weight excluding hydrogens is 110 g/mol. The van der Waals surface area contributed by atoms with Crippen molar-refractivity contribution in [2.24, 2.45) is 5.18 Å². The molecule has 0 heterocycles. The third kappa shape index (κ3) is 2.65. The van der Waals surface area contributed by atoms with Crippen LogP contribution >= 0.6 is 0 Å². The lowest BCUT2D eigenvalue weighted by Crippen LogP contribution is -2.24. The van der Waals surface area contributed by atoms with Gasteiger partial charge in [0.2, 0.25) is 0 Å². The molecule has 8 heavy (non-hydrogen) atoms. The van der Waals surface area contributed by atoms with Crippen molar-refractivity contribution in [3.05, 3.63) is 4.91 Å². The second-order valence-electron chi connectivity index (χ2n) is 1.62. The fourth-order valence-corrected chi connectivity index (χ4v) is 0.229. The predicted octanol–water partition coefficient (Wildman–Crippen LogP) is -0.506. The van der Waals surface area contributed by atoms with Gasteiger partial charge in [0.15, 0.2) is 0 Å². The fourth-order valence-electron chi connectivity index (χ4n) is 0.229. The molecule has 0 saturated heterocycles. The molecule has 2 atom stereocenters. The summed E-state index contributed by atoms with van der Waals surface area (Å²) in [6.45, 7) is 1.16. The van der Waals surface area contributed by atoms with E-state index in [1.807, 2.05) is 0 Å². The average molecular weight is 119 g/mol. The van der Waals surface area contributed by atoms with Gasteiger partial charge in [-0.1, -0.05) is 5.18 Å². The molecule has 0 aliphatic carbocycles. The first-order valence-electron chi connectivity index (χ1n) is 2.33. The summed E-state index contributed by atoms with van der Waals surface area (Å²) >= 11 is 0. The molecule has 0 spiro atoms. The van der Waals surface area contributed by atoms with Crippen LogP contribution in [0.1, 0.15) is 6.92 Å². The van der Waals surface area contributed by atoms with Crippen LogP contribution in [0.2, 0.25) is 0 Å². The monoisotopic (exact) mass is 119 g/mol. The van der Waals surface area contributed by atoms with Crippen molar-refractivity contribution in [2.45, 2.75) is 19.1 Å².